The molecule has 4 aromatic carbocycles. The SMILES string of the molecule is CC(C)(C)c1ccc2c(c1)C(C)(C)c1cc(C(C)(C)C)cc(Br)c1N2c1cccc2ccccc12. The number of nitrogens with zero attached hydrogens (tertiary/aromatic N) is 1. The molecule has 1 heterocycles. The molecule has 0 radical (unpaired) electrons. The van der Waals surface area contributed by atoms with E-state index in [0.29, 0.717) is 0 Å². The van der Waals surface area contributed by atoms with Crippen molar-refractivity contribution < 1.29 is 0 Å². The van der Waals surface area contributed by atoms with Crippen LogP contribution in [-0.2, 0) is 16.2 Å². The zero-order valence-electron chi connectivity index (χ0n) is 22.3. The quantitative estimate of drug-likeness (QED) is 0.238. The normalized spacial score (nSPS) is 15.2. The van der Waals surface area contributed by atoms with Crippen LogP contribution in [0.15, 0.2) is 77.3 Å². The highest BCUT2D eigenvalue weighted by Crippen LogP contribution is 2.56. The van der Waals surface area contributed by atoms with E-state index in [0.717, 1.165) is 4.47 Å². The van der Waals surface area contributed by atoms with Gasteiger partial charge in [-0.15, -0.1) is 0 Å². The first-order valence-corrected chi connectivity index (χ1v) is 13.4. The van der Waals surface area contributed by atoms with E-state index in [4.69, 9.17) is 0 Å². The van der Waals surface area contributed by atoms with E-state index in [1.54, 1.807) is 0 Å². The fraction of sp³-hybridized carbons (Fsp3) is 0.333. The van der Waals surface area contributed by atoms with E-state index in [1.807, 2.05) is 0 Å². The molecule has 0 saturated heterocycles. The van der Waals surface area contributed by atoms with E-state index >= 15 is 0 Å². The van der Waals surface area contributed by atoms with Gasteiger partial charge in [0.05, 0.1) is 17.1 Å². The number of hydrogen-bond acceptors (Lipinski definition) is 1. The molecule has 1 aliphatic heterocycles. The van der Waals surface area contributed by atoms with Gasteiger partial charge < -0.3 is 4.90 Å². The van der Waals surface area contributed by atoms with Crippen molar-refractivity contribution in [2.45, 2.75) is 71.6 Å². The van der Waals surface area contributed by atoms with E-state index in [-0.39, 0.29) is 16.2 Å². The first-order chi connectivity index (χ1) is 16.3. The summed E-state index contributed by atoms with van der Waals surface area (Å²) in [5, 5.41) is 2.52. The summed E-state index contributed by atoms with van der Waals surface area (Å²) < 4.78 is 1.14. The molecule has 5 rings (SSSR count). The average Bonchev–Trinajstić information content (AvgIpc) is 2.78. The summed E-state index contributed by atoms with van der Waals surface area (Å²) in [6.45, 7) is 18.6. The second-order valence-electron chi connectivity index (χ2n) is 12.5. The zero-order valence-corrected chi connectivity index (χ0v) is 23.8. The van der Waals surface area contributed by atoms with Gasteiger partial charge in [-0.05, 0) is 72.6 Å². The molecule has 35 heavy (non-hydrogen) atoms. The molecular weight excluding hydrogens is 490 g/mol. The lowest BCUT2D eigenvalue weighted by Gasteiger charge is -2.44. The highest BCUT2D eigenvalue weighted by molar-refractivity contribution is 9.10. The molecule has 1 nitrogen and oxygen atoms in total. The number of halogens is 1. The predicted octanol–water partition coefficient (Wildman–Crippen LogP) is 10.3. The Hall–Kier alpha value is -2.58. The van der Waals surface area contributed by atoms with Crippen LogP contribution in [0.1, 0.15) is 77.6 Å². The van der Waals surface area contributed by atoms with Crippen molar-refractivity contribution in [3.63, 3.8) is 0 Å². The molecule has 0 bridgehead atoms. The first kappa shape index (κ1) is 24.1. The third-order valence-electron chi connectivity index (χ3n) is 7.61. The Morgan fingerprint density at radius 1 is 0.657 bits per heavy atom. The van der Waals surface area contributed by atoms with Crippen LogP contribution in [0.4, 0.5) is 17.1 Å². The Balaban J connectivity index is 1.90. The van der Waals surface area contributed by atoms with Gasteiger partial charge in [0.15, 0.2) is 0 Å². The summed E-state index contributed by atoms with van der Waals surface area (Å²) in [7, 11) is 0. The Morgan fingerprint density at radius 3 is 1.97 bits per heavy atom. The maximum Gasteiger partial charge on any atom is 0.0645 e. The fourth-order valence-electron chi connectivity index (χ4n) is 5.35. The van der Waals surface area contributed by atoms with Gasteiger partial charge in [-0.3, -0.25) is 0 Å². The van der Waals surface area contributed by atoms with Crippen molar-refractivity contribution in [2.24, 2.45) is 0 Å². The molecule has 4 aromatic rings. The molecule has 0 spiro atoms. The van der Waals surface area contributed by atoms with Gasteiger partial charge in [0.25, 0.3) is 0 Å². The molecule has 0 fully saturated rings. The monoisotopic (exact) mass is 525 g/mol. The first-order valence-electron chi connectivity index (χ1n) is 12.6. The molecule has 1 aliphatic rings. The standard InChI is InChI=1S/C33H36BrN/c1-31(2,3)22-16-17-29-25(18-22)33(7,8)26-19-23(32(4,5)6)20-27(34)30(26)35(29)28-15-11-13-21-12-9-10-14-24(21)28/h9-20H,1-8H3. The maximum atomic E-state index is 4.04. The van der Waals surface area contributed by atoms with E-state index < -0.39 is 0 Å². The van der Waals surface area contributed by atoms with Crippen LogP contribution in [0.25, 0.3) is 10.8 Å². The highest BCUT2D eigenvalue weighted by atomic mass is 79.9. The van der Waals surface area contributed by atoms with Crippen LogP contribution >= 0.6 is 15.9 Å². The number of benzene rings is 4. The largest absolute Gasteiger partial charge is 0.308 e. The third-order valence-corrected chi connectivity index (χ3v) is 8.22. The summed E-state index contributed by atoms with van der Waals surface area (Å²) >= 11 is 4.04. The highest BCUT2D eigenvalue weighted by Gasteiger charge is 2.40. The van der Waals surface area contributed by atoms with E-state index in [2.05, 4.69) is 149 Å². The topological polar surface area (TPSA) is 3.24 Å². The number of rotatable bonds is 1. The molecule has 0 amide bonds. The molecule has 0 N–H and O–H groups in total. The predicted molar refractivity (Wildman–Crippen MR) is 156 cm³/mol. The molecule has 2 heteroatoms. The second kappa shape index (κ2) is 7.96. The van der Waals surface area contributed by atoms with Gasteiger partial charge in [0.2, 0.25) is 0 Å². The van der Waals surface area contributed by atoms with Crippen molar-refractivity contribution in [1.82, 2.24) is 0 Å². The Labute approximate surface area is 219 Å². The van der Waals surface area contributed by atoms with Gasteiger partial charge in [0.1, 0.15) is 0 Å². The Morgan fingerprint density at radius 2 is 1.29 bits per heavy atom. The van der Waals surface area contributed by atoms with Crippen molar-refractivity contribution >= 4 is 43.8 Å². The van der Waals surface area contributed by atoms with Gasteiger partial charge in [-0.1, -0.05) is 110 Å². The third kappa shape index (κ3) is 3.91. The lowest BCUT2D eigenvalue weighted by molar-refractivity contribution is 0.573. The zero-order chi connectivity index (χ0) is 25.3. The smallest absolute Gasteiger partial charge is 0.0645 e. The minimum absolute atomic E-state index is 0.0610. The Bertz CT molecular complexity index is 1440. The summed E-state index contributed by atoms with van der Waals surface area (Å²) in [4.78, 5) is 2.49. The van der Waals surface area contributed by atoms with E-state index in [9.17, 15) is 0 Å². The van der Waals surface area contributed by atoms with Gasteiger partial charge in [-0.25, -0.2) is 0 Å². The van der Waals surface area contributed by atoms with E-state index in [1.165, 1.54) is 50.1 Å². The van der Waals surface area contributed by atoms with Crippen LogP contribution in [0, 0.1) is 0 Å². The summed E-state index contributed by atoms with van der Waals surface area (Å²) in [6, 6.07) is 27.2. The molecule has 180 valence electrons. The lowest BCUT2D eigenvalue weighted by atomic mass is 9.70. The van der Waals surface area contributed by atoms with Crippen molar-refractivity contribution in [2.75, 3.05) is 4.90 Å². The second-order valence-corrected chi connectivity index (χ2v) is 13.4. The average molecular weight is 527 g/mol. The van der Waals surface area contributed by atoms with Gasteiger partial charge in [-0.2, -0.15) is 0 Å². The van der Waals surface area contributed by atoms with Crippen molar-refractivity contribution in [3.8, 4) is 0 Å². The van der Waals surface area contributed by atoms with Crippen LogP contribution in [-0.4, -0.2) is 0 Å². The molecule has 0 aromatic heterocycles. The van der Waals surface area contributed by atoms with Crippen LogP contribution in [0.2, 0.25) is 0 Å². The molecular formula is C33H36BrN. The Kier molecular flexibility index (Phi) is 5.49. The molecule has 0 saturated carbocycles. The summed E-state index contributed by atoms with van der Waals surface area (Å²) in [5.74, 6) is 0. The van der Waals surface area contributed by atoms with Crippen LogP contribution < -0.4 is 4.90 Å². The van der Waals surface area contributed by atoms with Crippen molar-refractivity contribution in [1.29, 1.82) is 0 Å². The summed E-state index contributed by atoms with van der Waals surface area (Å²) in [5.41, 5.74) is 9.19. The lowest BCUT2D eigenvalue weighted by Crippen LogP contribution is -2.32. The summed E-state index contributed by atoms with van der Waals surface area (Å²) in [6.07, 6.45) is 0. The molecule has 0 unspecified atom stereocenters. The minimum atomic E-state index is -0.142. The maximum absolute atomic E-state index is 4.04. The number of anilines is 3. The molecule has 0 atom stereocenters. The van der Waals surface area contributed by atoms with Crippen molar-refractivity contribution in [3.05, 3.63) is 99.5 Å². The number of fused-ring (bicyclic) bond motifs is 3. The fourth-order valence-corrected chi connectivity index (χ4v) is 5.99. The van der Waals surface area contributed by atoms with Crippen LogP contribution in [0.5, 0.6) is 0 Å². The van der Waals surface area contributed by atoms with Gasteiger partial charge >= 0.3 is 0 Å². The van der Waals surface area contributed by atoms with Crippen LogP contribution in [0.3, 0.4) is 0 Å². The number of hydrogen-bond donors (Lipinski definition) is 0. The molecule has 0 aliphatic carbocycles. The van der Waals surface area contributed by atoms with Gasteiger partial charge in [0, 0.05) is 15.3 Å². The minimum Gasteiger partial charge on any atom is -0.308 e.